The van der Waals surface area contributed by atoms with Crippen LogP contribution in [0.1, 0.15) is 5.82 Å². The van der Waals surface area contributed by atoms with Gasteiger partial charge in [-0.3, -0.25) is 0 Å². The molecule has 1 saturated heterocycles. The summed E-state index contributed by atoms with van der Waals surface area (Å²) in [5.74, 6) is 1.86. The molecule has 31 heavy (non-hydrogen) atoms. The fourth-order valence-electron chi connectivity index (χ4n) is 3.58. The molecular formula is C21H22N8O2. The van der Waals surface area contributed by atoms with E-state index in [-0.39, 0.29) is 0 Å². The van der Waals surface area contributed by atoms with Crippen LogP contribution in [-0.4, -0.2) is 63.3 Å². The number of pyridine rings is 2. The van der Waals surface area contributed by atoms with Gasteiger partial charge in [0.05, 0.1) is 50.4 Å². The van der Waals surface area contributed by atoms with Gasteiger partial charge in [-0.2, -0.15) is 0 Å². The lowest BCUT2D eigenvalue weighted by Gasteiger charge is -2.29. The van der Waals surface area contributed by atoms with Crippen LogP contribution in [-0.2, 0) is 4.74 Å². The Kier molecular flexibility index (Phi) is 5.04. The predicted octanol–water partition coefficient (Wildman–Crippen LogP) is 2.71. The molecular weight excluding hydrogens is 396 g/mol. The SMILES string of the molecule is COc1ccc(Nc2ncc(N3CCOCC3)cc2-c2nc(C)nc3nc[nH]c23)cn1. The topological polar surface area (TPSA) is 114 Å². The van der Waals surface area contributed by atoms with Crippen molar-refractivity contribution in [3.8, 4) is 17.1 Å². The minimum Gasteiger partial charge on any atom is -0.481 e. The van der Waals surface area contributed by atoms with Gasteiger partial charge in [0.15, 0.2) is 5.65 Å². The zero-order chi connectivity index (χ0) is 21.2. The Bertz CT molecular complexity index is 1200. The summed E-state index contributed by atoms with van der Waals surface area (Å²) >= 11 is 0. The number of rotatable bonds is 5. The summed E-state index contributed by atoms with van der Waals surface area (Å²) in [6.07, 6.45) is 5.20. The molecule has 5 rings (SSSR count). The number of H-pyrrole nitrogens is 1. The summed E-state index contributed by atoms with van der Waals surface area (Å²) in [4.78, 5) is 27.9. The summed E-state index contributed by atoms with van der Waals surface area (Å²) in [5.41, 5.74) is 4.78. The third-order valence-electron chi connectivity index (χ3n) is 5.11. The van der Waals surface area contributed by atoms with Gasteiger partial charge in [-0.1, -0.05) is 0 Å². The van der Waals surface area contributed by atoms with Crippen molar-refractivity contribution in [3.05, 3.63) is 42.7 Å². The number of hydrogen-bond acceptors (Lipinski definition) is 9. The van der Waals surface area contributed by atoms with Crippen LogP contribution in [0, 0.1) is 6.92 Å². The molecule has 1 fully saturated rings. The molecule has 4 aromatic heterocycles. The molecule has 1 aliphatic heterocycles. The number of methoxy groups -OCH3 is 1. The average Bonchev–Trinajstić information content (AvgIpc) is 3.28. The van der Waals surface area contributed by atoms with Crippen molar-refractivity contribution in [2.75, 3.05) is 43.6 Å². The first kappa shape index (κ1) is 19.2. The molecule has 0 amide bonds. The van der Waals surface area contributed by atoms with E-state index in [0.29, 0.717) is 36.4 Å². The lowest BCUT2D eigenvalue weighted by molar-refractivity contribution is 0.122. The van der Waals surface area contributed by atoms with Gasteiger partial charge in [-0.25, -0.2) is 24.9 Å². The smallest absolute Gasteiger partial charge is 0.213 e. The van der Waals surface area contributed by atoms with Crippen molar-refractivity contribution in [2.45, 2.75) is 6.92 Å². The zero-order valence-electron chi connectivity index (χ0n) is 17.3. The number of hydrogen-bond donors (Lipinski definition) is 2. The van der Waals surface area contributed by atoms with E-state index in [1.54, 1.807) is 25.7 Å². The Labute approximate surface area is 178 Å². The molecule has 0 bridgehead atoms. The highest BCUT2D eigenvalue weighted by atomic mass is 16.5. The van der Waals surface area contributed by atoms with Crippen LogP contribution in [0.2, 0.25) is 0 Å². The van der Waals surface area contributed by atoms with Crippen LogP contribution in [0.5, 0.6) is 5.88 Å². The molecule has 10 nitrogen and oxygen atoms in total. The number of nitrogens with one attached hydrogen (secondary N) is 2. The molecule has 0 spiro atoms. The highest BCUT2D eigenvalue weighted by Crippen LogP contribution is 2.34. The fourth-order valence-corrected chi connectivity index (χ4v) is 3.58. The monoisotopic (exact) mass is 418 g/mol. The average molecular weight is 418 g/mol. The van der Waals surface area contributed by atoms with E-state index in [2.05, 4.69) is 36.2 Å². The minimum absolute atomic E-state index is 0.548. The maximum absolute atomic E-state index is 5.50. The second kappa shape index (κ2) is 8.15. The molecule has 158 valence electrons. The molecule has 10 heteroatoms. The first-order chi connectivity index (χ1) is 15.2. The third kappa shape index (κ3) is 3.84. The molecule has 0 unspecified atom stereocenters. The quantitative estimate of drug-likeness (QED) is 0.505. The van der Waals surface area contributed by atoms with Crippen LogP contribution in [0.4, 0.5) is 17.2 Å². The molecule has 1 aliphatic rings. The van der Waals surface area contributed by atoms with Crippen LogP contribution < -0.4 is 15.0 Å². The molecule has 5 heterocycles. The summed E-state index contributed by atoms with van der Waals surface area (Å²) in [6, 6.07) is 5.79. The van der Waals surface area contributed by atoms with Crippen molar-refractivity contribution in [3.63, 3.8) is 0 Å². The highest BCUT2D eigenvalue weighted by molar-refractivity contribution is 5.92. The van der Waals surface area contributed by atoms with Crippen molar-refractivity contribution < 1.29 is 9.47 Å². The number of ether oxygens (including phenoxy) is 2. The Balaban J connectivity index is 1.61. The molecule has 0 atom stereocenters. The summed E-state index contributed by atoms with van der Waals surface area (Å²) in [7, 11) is 1.59. The molecule has 0 radical (unpaired) electrons. The predicted molar refractivity (Wildman–Crippen MR) is 117 cm³/mol. The fraction of sp³-hybridized carbons (Fsp3) is 0.286. The second-order valence-corrected chi connectivity index (χ2v) is 7.12. The van der Waals surface area contributed by atoms with E-state index < -0.39 is 0 Å². The van der Waals surface area contributed by atoms with E-state index >= 15 is 0 Å². The van der Waals surface area contributed by atoms with Gasteiger partial charge in [0, 0.05) is 24.7 Å². The van der Waals surface area contributed by atoms with Crippen LogP contribution in [0.3, 0.4) is 0 Å². The molecule has 0 saturated carbocycles. The van der Waals surface area contributed by atoms with Gasteiger partial charge in [-0.05, 0) is 19.1 Å². The molecule has 0 aliphatic carbocycles. The molecule has 2 N–H and O–H groups in total. The lowest BCUT2D eigenvalue weighted by Crippen LogP contribution is -2.36. The number of imidazole rings is 1. The van der Waals surface area contributed by atoms with E-state index in [9.17, 15) is 0 Å². The molecule has 4 aromatic rings. The number of nitrogens with zero attached hydrogens (tertiary/aromatic N) is 6. The van der Waals surface area contributed by atoms with Crippen molar-refractivity contribution in [1.29, 1.82) is 0 Å². The Morgan fingerprint density at radius 3 is 2.74 bits per heavy atom. The maximum Gasteiger partial charge on any atom is 0.213 e. The first-order valence-electron chi connectivity index (χ1n) is 9.99. The highest BCUT2D eigenvalue weighted by Gasteiger charge is 2.19. The van der Waals surface area contributed by atoms with Gasteiger partial charge < -0.3 is 24.7 Å². The zero-order valence-corrected chi connectivity index (χ0v) is 17.3. The number of aromatic nitrogens is 6. The second-order valence-electron chi connectivity index (χ2n) is 7.12. The molecule has 0 aromatic carbocycles. The van der Waals surface area contributed by atoms with Crippen molar-refractivity contribution >= 4 is 28.4 Å². The summed E-state index contributed by atoms with van der Waals surface area (Å²) in [5, 5.41) is 3.36. The Hall–Kier alpha value is -3.79. The van der Waals surface area contributed by atoms with Crippen molar-refractivity contribution in [1.82, 2.24) is 29.9 Å². The third-order valence-corrected chi connectivity index (χ3v) is 5.11. The van der Waals surface area contributed by atoms with Gasteiger partial charge in [0.25, 0.3) is 0 Å². The number of morpholine rings is 1. The Morgan fingerprint density at radius 1 is 1.10 bits per heavy atom. The number of aryl methyl sites for hydroxylation is 1. The lowest BCUT2D eigenvalue weighted by atomic mass is 10.1. The van der Waals surface area contributed by atoms with E-state index in [4.69, 9.17) is 19.4 Å². The van der Waals surface area contributed by atoms with Crippen LogP contribution >= 0.6 is 0 Å². The minimum atomic E-state index is 0.548. The van der Waals surface area contributed by atoms with Crippen LogP contribution in [0.25, 0.3) is 22.4 Å². The van der Waals surface area contributed by atoms with Gasteiger partial charge in [-0.15, -0.1) is 0 Å². The van der Waals surface area contributed by atoms with Gasteiger partial charge in [0.1, 0.15) is 22.9 Å². The Morgan fingerprint density at radius 2 is 1.97 bits per heavy atom. The standard InChI is InChI=1S/C21H22N8O2/c1-13-26-18(19-21(27-13)25-12-24-19)16-9-15(29-5-7-31-8-6-29)11-23-20(16)28-14-3-4-17(30-2)22-10-14/h3-4,9-12H,5-8H2,1-2H3,(H,23,28)(H,24,25,26,27). The van der Waals surface area contributed by atoms with Crippen molar-refractivity contribution in [2.24, 2.45) is 0 Å². The first-order valence-corrected chi connectivity index (χ1v) is 9.99. The normalized spacial score (nSPS) is 14.1. The van der Waals surface area contributed by atoms with Gasteiger partial charge in [0.2, 0.25) is 5.88 Å². The van der Waals surface area contributed by atoms with E-state index in [1.165, 1.54) is 0 Å². The largest absolute Gasteiger partial charge is 0.481 e. The van der Waals surface area contributed by atoms with Gasteiger partial charge >= 0.3 is 0 Å². The number of anilines is 3. The number of aromatic amines is 1. The van der Waals surface area contributed by atoms with E-state index in [1.807, 2.05) is 19.2 Å². The number of fused-ring (bicyclic) bond motifs is 1. The summed E-state index contributed by atoms with van der Waals surface area (Å²) < 4.78 is 10.6. The maximum atomic E-state index is 5.50. The summed E-state index contributed by atoms with van der Waals surface area (Å²) in [6.45, 7) is 4.89. The van der Waals surface area contributed by atoms with E-state index in [0.717, 1.165) is 41.2 Å². The van der Waals surface area contributed by atoms with Crippen LogP contribution in [0.15, 0.2) is 36.9 Å².